The molecule has 0 aliphatic heterocycles. The van der Waals surface area contributed by atoms with E-state index >= 15 is 0 Å². The summed E-state index contributed by atoms with van der Waals surface area (Å²) < 4.78 is 39.1. The summed E-state index contributed by atoms with van der Waals surface area (Å²) in [6.45, 7) is 3.88. The third kappa shape index (κ3) is 5.56. The number of phenolic OH excluding ortho intramolecular Hbond substituents is 1. The molecule has 0 saturated heterocycles. The Morgan fingerprint density at radius 1 is 1.05 bits per heavy atom. The second-order valence-electron chi connectivity index (χ2n) is 7.98. The SMILES string of the molecule is CCOc1cccc(NC(=O)c2cc3ccccc3c(N=Nc3ccc(C)c(Cl)c3S(=O)(=O)O)c2O)c1. The Labute approximate surface area is 218 Å². The van der Waals surface area contributed by atoms with Gasteiger partial charge in [-0.2, -0.15) is 8.42 Å². The number of fused-ring (bicyclic) bond motifs is 1. The zero-order valence-corrected chi connectivity index (χ0v) is 21.3. The van der Waals surface area contributed by atoms with E-state index in [1.165, 1.54) is 18.2 Å². The number of nitrogens with one attached hydrogen (secondary N) is 1. The molecular formula is C26H22ClN3O6S. The summed E-state index contributed by atoms with van der Waals surface area (Å²) >= 11 is 6.11. The van der Waals surface area contributed by atoms with E-state index < -0.39 is 26.7 Å². The van der Waals surface area contributed by atoms with E-state index in [0.29, 0.717) is 34.4 Å². The highest BCUT2D eigenvalue weighted by Crippen LogP contribution is 2.41. The Kier molecular flexibility index (Phi) is 7.44. The topological polar surface area (TPSA) is 138 Å². The maximum Gasteiger partial charge on any atom is 0.298 e. The number of aromatic hydroxyl groups is 1. The highest BCUT2D eigenvalue weighted by Gasteiger charge is 2.23. The summed E-state index contributed by atoms with van der Waals surface area (Å²) in [7, 11) is -4.73. The first-order chi connectivity index (χ1) is 17.6. The number of azo groups is 1. The minimum atomic E-state index is -4.73. The van der Waals surface area contributed by atoms with Crippen LogP contribution in [0.4, 0.5) is 17.1 Å². The van der Waals surface area contributed by atoms with Crippen LogP contribution >= 0.6 is 11.6 Å². The lowest BCUT2D eigenvalue weighted by molar-refractivity contribution is 0.102. The van der Waals surface area contributed by atoms with Gasteiger partial charge in [0.25, 0.3) is 16.0 Å². The van der Waals surface area contributed by atoms with E-state index in [9.17, 15) is 22.9 Å². The predicted molar refractivity (Wildman–Crippen MR) is 141 cm³/mol. The molecule has 0 bridgehead atoms. The number of benzene rings is 4. The third-order valence-corrected chi connectivity index (χ3v) is 6.96. The van der Waals surface area contributed by atoms with Gasteiger partial charge in [-0.25, -0.2) is 0 Å². The molecule has 4 rings (SSSR count). The Morgan fingerprint density at radius 2 is 1.81 bits per heavy atom. The molecule has 0 spiro atoms. The van der Waals surface area contributed by atoms with Gasteiger partial charge < -0.3 is 15.2 Å². The average molecular weight is 540 g/mol. The number of ether oxygens (including phenoxy) is 1. The van der Waals surface area contributed by atoms with Gasteiger partial charge in [0.2, 0.25) is 0 Å². The van der Waals surface area contributed by atoms with Crippen molar-refractivity contribution in [2.75, 3.05) is 11.9 Å². The Balaban J connectivity index is 1.80. The van der Waals surface area contributed by atoms with Crippen LogP contribution in [-0.2, 0) is 10.1 Å². The quantitative estimate of drug-likeness (QED) is 0.174. The number of rotatable bonds is 7. The summed E-state index contributed by atoms with van der Waals surface area (Å²) in [6, 6.07) is 18.0. The van der Waals surface area contributed by atoms with Gasteiger partial charge in [-0.3, -0.25) is 9.35 Å². The summed E-state index contributed by atoms with van der Waals surface area (Å²) in [6.07, 6.45) is 0. The zero-order chi connectivity index (χ0) is 26.7. The number of nitrogens with zero attached hydrogens (tertiary/aromatic N) is 2. The van der Waals surface area contributed by atoms with Gasteiger partial charge in [-0.15, -0.1) is 10.2 Å². The van der Waals surface area contributed by atoms with Crippen LogP contribution in [0.1, 0.15) is 22.8 Å². The van der Waals surface area contributed by atoms with Gasteiger partial charge in [-0.05, 0) is 49.1 Å². The molecule has 1 amide bonds. The number of carbonyl (C=O) groups excluding carboxylic acids is 1. The Morgan fingerprint density at radius 3 is 2.54 bits per heavy atom. The second kappa shape index (κ2) is 10.6. The maximum absolute atomic E-state index is 13.1. The van der Waals surface area contributed by atoms with Crippen LogP contribution < -0.4 is 10.1 Å². The fourth-order valence-electron chi connectivity index (χ4n) is 3.69. The maximum atomic E-state index is 13.1. The van der Waals surface area contributed by atoms with Crippen LogP contribution in [0.15, 0.2) is 81.9 Å². The summed E-state index contributed by atoms with van der Waals surface area (Å²) in [4.78, 5) is 12.5. The third-order valence-electron chi connectivity index (χ3n) is 5.43. The Bertz CT molecular complexity index is 1650. The molecule has 37 heavy (non-hydrogen) atoms. The number of aryl methyl sites for hydroxylation is 1. The van der Waals surface area contributed by atoms with Crippen molar-refractivity contribution in [3.05, 3.63) is 82.9 Å². The highest BCUT2D eigenvalue weighted by molar-refractivity contribution is 7.86. The fourth-order valence-corrected chi connectivity index (χ4v) is 4.91. The van der Waals surface area contributed by atoms with Crippen LogP contribution in [0.5, 0.6) is 11.5 Å². The van der Waals surface area contributed by atoms with Crippen molar-refractivity contribution in [3.8, 4) is 11.5 Å². The Hall–Kier alpha value is -3.99. The normalized spacial score (nSPS) is 11.7. The van der Waals surface area contributed by atoms with Crippen LogP contribution in [0, 0.1) is 6.92 Å². The molecule has 0 unspecified atom stereocenters. The largest absolute Gasteiger partial charge is 0.505 e. The summed E-state index contributed by atoms with van der Waals surface area (Å²) in [5.41, 5.74) is 0.493. The number of amides is 1. The average Bonchev–Trinajstić information content (AvgIpc) is 2.84. The van der Waals surface area contributed by atoms with E-state index in [1.807, 2.05) is 6.92 Å². The van der Waals surface area contributed by atoms with Crippen LogP contribution in [0.2, 0.25) is 5.02 Å². The fraction of sp³-hybridized carbons (Fsp3) is 0.115. The minimum absolute atomic E-state index is 0.0655. The van der Waals surface area contributed by atoms with Gasteiger partial charge in [-0.1, -0.05) is 48.0 Å². The van der Waals surface area contributed by atoms with Crippen LogP contribution in [0.3, 0.4) is 0 Å². The molecule has 0 aromatic heterocycles. The molecule has 4 aromatic rings. The van der Waals surface area contributed by atoms with Crippen molar-refractivity contribution in [1.29, 1.82) is 0 Å². The molecule has 0 fully saturated rings. The van der Waals surface area contributed by atoms with Gasteiger partial charge in [0.15, 0.2) is 5.75 Å². The van der Waals surface area contributed by atoms with Crippen molar-refractivity contribution >= 4 is 55.5 Å². The first-order valence-electron chi connectivity index (χ1n) is 11.1. The molecule has 0 radical (unpaired) electrons. The molecule has 0 aliphatic carbocycles. The molecule has 9 nitrogen and oxygen atoms in total. The highest BCUT2D eigenvalue weighted by atomic mass is 35.5. The summed E-state index contributed by atoms with van der Waals surface area (Å²) in [5.74, 6) is -0.498. The number of carbonyl (C=O) groups is 1. The number of phenols is 1. The van der Waals surface area contributed by atoms with E-state index in [4.69, 9.17) is 16.3 Å². The van der Waals surface area contributed by atoms with Gasteiger partial charge in [0, 0.05) is 17.1 Å². The first kappa shape index (κ1) is 26.1. The lowest BCUT2D eigenvalue weighted by Crippen LogP contribution is -2.12. The molecule has 190 valence electrons. The number of halogens is 1. The van der Waals surface area contributed by atoms with Gasteiger partial charge >= 0.3 is 0 Å². The lowest BCUT2D eigenvalue weighted by Gasteiger charge is -2.12. The smallest absolute Gasteiger partial charge is 0.298 e. The van der Waals surface area contributed by atoms with E-state index in [-0.39, 0.29) is 22.0 Å². The second-order valence-corrected chi connectivity index (χ2v) is 9.71. The molecule has 0 atom stereocenters. The van der Waals surface area contributed by atoms with Crippen molar-refractivity contribution in [1.82, 2.24) is 0 Å². The summed E-state index contributed by atoms with van der Waals surface area (Å²) in [5, 5.41) is 22.7. The molecule has 3 N–H and O–H groups in total. The minimum Gasteiger partial charge on any atom is -0.505 e. The van der Waals surface area contributed by atoms with Crippen LogP contribution in [0.25, 0.3) is 10.8 Å². The van der Waals surface area contributed by atoms with Crippen molar-refractivity contribution < 1.29 is 27.6 Å². The van der Waals surface area contributed by atoms with E-state index in [1.54, 1.807) is 55.5 Å². The van der Waals surface area contributed by atoms with Gasteiger partial charge in [0.1, 0.15) is 22.0 Å². The zero-order valence-electron chi connectivity index (χ0n) is 19.8. The first-order valence-corrected chi connectivity index (χ1v) is 12.9. The lowest BCUT2D eigenvalue weighted by atomic mass is 10.0. The molecule has 0 heterocycles. The van der Waals surface area contributed by atoms with E-state index in [2.05, 4.69) is 15.5 Å². The van der Waals surface area contributed by atoms with Gasteiger partial charge in [0.05, 0.1) is 17.2 Å². The molecule has 11 heteroatoms. The molecule has 4 aromatic carbocycles. The van der Waals surface area contributed by atoms with Crippen molar-refractivity contribution in [2.45, 2.75) is 18.7 Å². The molecular weight excluding hydrogens is 518 g/mol. The number of hydrogen-bond donors (Lipinski definition) is 3. The van der Waals surface area contributed by atoms with E-state index in [0.717, 1.165) is 0 Å². The molecule has 0 saturated carbocycles. The predicted octanol–water partition coefficient (Wildman–Crippen LogP) is 6.82. The number of anilines is 1. The van der Waals surface area contributed by atoms with Crippen molar-refractivity contribution in [3.63, 3.8) is 0 Å². The van der Waals surface area contributed by atoms with Crippen LogP contribution in [-0.4, -0.2) is 30.6 Å². The number of hydrogen-bond acceptors (Lipinski definition) is 7. The molecule has 0 aliphatic rings. The standard InChI is InChI=1S/C26H22ClN3O6S/c1-3-36-18-9-6-8-17(14-18)28-26(32)20-13-16-7-4-5-10-19(16)23(24(20)31)30-29-21-12-11-15(2)22(27)25(21)37(33,34)35/h4-14,31H,3H2,1-2H3,(H,28,32)(H,33,34,35). The van der Waals surface area contributed by atoms with Crippen molar-refractivity contribution in [2.24, 2.45) is 10.2 Å². The monoisotopic (exact) mass is 539 g/mol.